The Kier molecular flexibility index (Phi) is 4.18. The van der Waals surface area contributed by atoms with Gasteiger partial charge in [-0.2, -0.15) is 17.6 Å². The summed E-state index contributed by atoms with van der Waals surface area (Å²) in [6, 6.07) is 0. The molecule has 1 nitrogen and oxygen atoms in total. The molecule has 2 rings (SSSR count). The van der Waals surface area contributed by atoms with Gasteiger partial charge in [0.15, 0.2) is 11.6 Å². The van der Waals surface area contributed by atoms with Gasteiger partial charge in [0, 0.05) is 5.56 Å². The van der Waals surface area contributed by atoms with E-state index in [0.29, 0.717) is 6.92 Å². The maximum atomic E-state index is 13.5. The Morgan fingerprint density at radius 3 is 1.04 bits per heavy atom. The molecular weight excluding hydrogens is 343 g/mol. The fraction of sp³-hybridized carbons (Fsp3) is 0.0769. The Bertz CT molecular complexity index is 691. The Hall–Kier alpha value is -2.39. The zero-order valence-electron chi connectivity index (χ0n) is 10.8. The third kappa shape index (κ3) is 2.47. The summed E-state index contributed by atoms with van der Waals surface area (Å²) in [7, 11) is 0. The molecule has 124 valence electrons. The third-order valence-electron chi connectivity index (χ3n) is 2.82. The predicted molar refractivity (Wildman–Crippen MR) is 57.3 cm³/mol. The smallest absolute Gasteiger partial charge is 0.207 e. The van der Waals surface area contributed by atoms with Crippen LogP contribution < -0.4 is 4.74 Å². The van der Waals surface area contributed by atoms with Crippen LogP contribution in [0.5, 0.6) is 11.5 Å². The monoisotopic (exact) mass is 346 g/mol. The SMILES string of the molecule is Cc1c(F)c(F)c(Oc2c(F)c(F)c(F)c(F)c2F)c(F)c1F. The molecular formula is C13H3F9O. The van der Waals surface area contributed by atoms with Gasteiger partial charge in [-0.3, -0.25) is 0 Å². The van der Waals surface area contributed by atoms with E-state index in [9.17, 15) is 39.5 Å². The van der Waals surface area contributed by atoms with Gasteiger partial charge in [0.25, 0.3) is 0 Å². The van der Waals surface area contributed by atoms with Gasteiger partial charge in [0.05, 0.1) is 0 Å². The molecule has 0 unspecified atom stereocenters. The molecule has 0 saturated heterocycles. The van der Waals surface area contributed by atoms with Crippen molar-refractivity contribution >= 4 is 0 Å². The Morgan fingerprint density at radius 1 is 0.435 bits per heavy atom. The lowest BCUT2D eigenvalue weighted by Crippen LogP contribution is -2.08. The molecule has 0 aliphatic heterocycles. The van der Waals surface area contributed by atoms with Gasteiger partial charge in [0.1, 0.15) is 0 Å². The summed E-state index contributed by atoms with van der Waals surface area (Å²) in [5.41, 5.74) is -1.11. The highest BCUT2D eigenvalue weighted by molar-refractivity contribution is 5.39. The summed E-state index contributed by atoms with van der Waals surface area (Å²) >= 11 is 0. The minimum Gasteiger partial charge on any atom is -0.444 e. The number of hydrogen-bond donors (Lipinski definition) is 0. The molecule has 10 heteroatoms. The van der Waals surface area contributed by atoms with E-state index in [1.54, 1.807) is 0 Å². The summed E-state index contributed by atoms with van der Waals surface area (Å²) in [6.07, 6.45) is 0. The van der Waals surface area contributed by atoms with Crippen molar-refractivity contribution in [3.63, 3.8) is 0 Å². The number of rotatable bonds is 2. The van der Waals surface area contributed by atoms with Gasteiger partial charge in [-0.25, -0.2) is 22.0 Å². The summed E-state index contributed by atoms with van der Waals surface area (Å²) in [6.45, 7) is 0.652. The highest BCUT2D eigenvalue weighted by Crippen LogP contribution is 2.37. The van der Waals surface area contributed by atoms with Crippen molar-refractivity contribution in [2.45, 2.75) is 6.92 Å². The first-order chi connectivity index (χ1) is 10.6. The van der Waals surface area contributed by atoms with E-state index in [1.807, 2.05) is 0 Å². The highest BCUT2D eigenvalue weighted by atomic mass is 19.2. The lowest BCUT2D eigenvalue weighted by molar-refractivity contribution is 0.307. The number of halogens is 9. The minimum absolute atomic E-state index is 0.652. The number of hydrogen-bond acceptors (Lipinski definition) is 1. The standard InChI is InChI=1S/C13H3F9O/c1-2-3(14)8(19)12(9(20)4(2)15)23-13-10(21)6(17)5(16)7(18)11(13)22/h1H3. The minimum atomic E-state index is -2.55. The molecule has 0 atom stereocenters. The van der Waals surface area contributed by atoms with Crippen LogP contribution in [0.4, 0.5) is 39.5 Å². The van der Waals surface area contributed by atoms with Crippen LogP contribution in [-0.2, 0) is 0 Å². The molecule has 2 aromatic carbocycles. The molecule has 0 radical (unpaired) electrons. The van der Waals surface area contributed by atoms with Gasteiger partial charge in [0.2, 0.25) is 52.2 Å². The molecule has 0 N–H and O–H groups in total. The van der Waals surface area contributed by atoms with Crippen LogP contribution in [0.3, 0.4) is 0 Å². The molecule has 2 aromatic rings. The van der Waals surface area contributed by atoms with Crippen molar-refractivity contribution < 1.29 is 44.3 Å². The van der Waals surface area contributed by atoms with E-state index in [2.05, 4.69) is 4.74 Å². The lowest BCUT2D eigenvalue weighted by atomic mass is 10.2. The van der Waals surface area contributed by atoms with Crippen LogP contribution in [0.1, 0.15) is 5.56 Å². The third-order valence-corrected chi connectivity index (χ3v) is 2.82. The van der Waals surface area contributed by atoms with Gasteiger partial charge in [-0.15, -0.1) is 0 Å². The molecule has 0 aromatic heterocycles. The second-order valence-electron chi connectivity index (χ2n) is 4.21. The van der Waals surface area contributed by atoms with Crippen LogP contribution in [0.15, 0.2) is 0 Å². The van der Waals surface area contributed by atoms with Crippen LogP contribution in [0.2, 0.25) is 0 Å². The van der Waals surface area contributed by atoms with Gasteiger partial charge < -0.3 is 4.74 Å². The predicted octanol–water partition coefficient (Wildman–Crippen LogP) is 5.04. The lowest BCUT2D eigenvalue weighted by Gasteiger charge is -2.13. The Balaban J connectivity index is 2.71. The molecule has 0 spiro atoms. The van der Waals surface area contributed by atoms with Gasteiger partial charge in [-0.05, 0) is 6.92 Å². The van der Waals surface area contributed by atoms with E-state index in [0.717, 1.165) is 0 Å². The molecule has 0 fully saturated rings. The average molecular weight is 346 g/mol. The second kappa shape index (κ2) is 5.67. The van der Waals surface area contributed by atoms with Gasteiger partial charge >= 0.3 is 0 Å². The zero-order valence-corrected chi connectivity index (χ0v) is 10.8. The molecule has 0 amide bonds. The molecule has 0 aliphatic rings. The van der Waals surface area contributed by atoms with E-state index in [1.165, 1.54) is 0 Å². The van der Waals surface area contributed by atoms with Crippen molar-refractivity contribution in [2.24, 2.45) is 0 Å². The largest absolute Gasteiger partial charge is 0.444 e. The van der Waals surface area contributed by atoms with E-state index in [4.69, 9.17) is 0 Å². The molecule has 0 heterocycles. The van der Waals surface area contributed by atoms with Crippen LogP contribution >= 0.6 is 0 Å². The van der Waals surface area contributed by atoms with Crippen molar-refractivity contribution in [2.75, 3.05) is 0 Å². The van der Waals surface area contributed by atoms with Crippen LogP contribution in [-0.4, -0.2) is 0 Å². The Labute approximate surface area is 121 Å². The fourth-order valence-corrected chi connectivity index (χ4v) is 1.59. The number of benzene rings is 2. The maximum Gasteiger partial charge on any atom is 0.207 e. The summed E-state index contributed by atoms with van der Waals surface area (Å²) in [5.74, 6) is -25.0. The van der Waals surface area contributed by atoms with Crippen LogP contribution in [0.25, 0.3) is 0 Å². The molecule has 23 heavy (non-hydrogen) atoms. The molecule has 0 saturated carbocycles. The van der Waals surface area contributed by atoms with Crippen molar-refractivity contribution in [1.29, 1.82) is 0 Å². The zero-order chi connectivity index (χ0) is 17.6. The van der Waals surface area contributed by atoms with Gasteiger partial charge in [-0.1, -0.05) is 0 Å². The first-order valence-electron chi connectivity index (χ1n) is 5.61. The summed E-state index contributed by atoms with van der Waals surface area (Å²) < 4.78 is 123. The van der Waals surface area contributed by atoms with E-state index >= 15 is 0 Å². The van der Waals surface area contributed by atoms with Crippen LogP contribution in [0, 0.1) is 59.3 Å². The van der Waals surface area contributed by atoms with Crippen molar-refractivity contribution in [1.82, 2.24) is 0 Å². The number of ether oxygens (including phenoxy) is 1. The first-order valence-corrected chi connectivity index (χ1v) is 5.61. The fourth-order valence-electron chi connectivity index (χ4n) is 1.59. The Morgan fingerprint density at radius 2 is 0.696 bits per heavy atom. The average Bonchev–Trinajstić information content (AvgIpc) is 2.54. The quantitative estimate of drug-likeness (QED) is 0.421. The normalized spacial score (nSPS) is 11.0. The van der Waals surface area contributed by atoms with Crippen molar-refractivity contribution in [3.8, 4) is 11.5 Å². The molecule has 0 bridgehead atoms. The maximum absolute atomic E-state index is 13.5. The second-order valence-corrected chi connectivity index (χ2v) is 4.21. The first kappa shape index (κ1) is 17.0. The summed E-state index contributed by atoms with van der Waals surface area (Å²) in [4.78, 5) is 0. The topological polar surface area (TPSA) is 9.23 Å². The van der Waals surface area contributed by atoms with E-state index < -0.39 is 69.4 Å². The van der Waals surface area contributed by atoms with E-state index in [-0.39, 0.29) is 0 Å². The highest BCUT2D eigenvalue weighted by Gasteiger charge is 2.31. The summed E-state index contributed by atoms with van der Waals surface area (Å²) in [5, 5.41) is 0. The molecule has 0 aliphatic carbocycles. The van der Waals surface area contributed by atoms with Crippen molar-refractivity contribution in [3.05, 3.63) is 57.9 Å².